The lowest BCUT2D eigenvalue weighted by atomic mass is 10.0. The van der Waals surface area contributed by atoms with Crippen LogP contribution in [0.25, 0.3) is 0 Å². The summed E-state index contributed by atoms with van der Waals surface area (Å²) in [5.74, 6) is 0.278. The Morgan fingerprint density at radius 1 is 1.24 bits per heavy atom. The number of alkyl carbamates (subject to hydrolysis) is 1. The Hall–Kier alpha value is -1.91. The molecule has 0 aliphatic carbocycles. The highest BCUT2D eigenvalue weighted by Crippen LogP contribution is 2.22. The zero-order chi connectivity index (χ0) is 15.5. The van der Waals surface area contributed by atoms with E-state index >= 15 is 0 Å². The third kappa shape index (κ3) is 4.85. The minimum absolute atomic E-state index is 0.160. The van der Waals surface area contributed by atoms with Gasteiger partial charge in [-0.2, -0.15) is 0 Å². The van der Waals surface area contributed by atoms with Crippen LogP contribution in [0.4, 0.5) is 10.5 Å². The smallest absolute Gasteiger partial charge is 0.407 e. The molecule has 1 fully saturated rings. The van der Waals surface area contributed by atoms with Crippen molar-refractivity contribution in [3.05, 3.63) is 24.3 Å². The molecule has 116 valence electrons. The Kier molecular flexibility index (Phi) is 4.60. The first-order chi connectivity index (χ1) is 9.83. The first-order valence-electron chi connectivity index (χ1n) is 7.37. The number of nitrogens with zero attached hydrogens (tertiary/aromatic N) is 1. The molecule has 5 heteroatoms. The third-order valence-electron chi connectivity index (χ3n) is 3.43. The molecule has 2 rings (SSSR count). The lowest BCUT2D eigenvalue weighted by molar-refractivity contribution is 0.0497. The second-order valence-electron chi connectivity index (χ2n) is 6.42. The number of benzene rings is 1. The summed E-state index contributed by atoms with van der Waals surface area (Å²) in [6.07, 6.45) is 1.44. The van der Waals surface area contributed by atoms with Crippen LogP contribution in [0.1, 0.15) is 33.6 Å². The van der Waals surface area contributed by atoms with Gasteiger partial charge in [-0.05, 0) is 57.9 Å². The fraction of sp³-hybridized carbons (Fsp3) is 0.562. The van der Waals surface area contributed by atoms with E-state index in [1.54, 1.807) is 12.1 Å². The average molecular weight is 292 g/mol. The number of hydrogen-bond donors (Lipinski definition) is 2. The maximum atomic E-state index is 11.7. The Morgan fingerprint density at radius 2 is 1.81 bits per heavy atom. The number of aromatic hydroxyl groups is 1. The summed E-state index contributed by atoms with van der Waals surface area (Å²) in [4.78, 5) is 14.0. The fourth-order valence-corrected chi connectivity index (χ4v) is 2.42. The van der Waals surface area contributed by atoms with E-state index in [0.29, 0.717) is 0 Å². The number of piperidine rings is 1. The van der Waals surface area contributed by atoms with Crippen molar-refractivity contribution in [1.82, 2.24) is 5.32 Å². The van der Waals surface area contributed by atoms with Crippen LogP contribution in [-0.2, 0) is 4.74 Å². The van der Waals surface area contributed by atoms with Crippen LogP contribution in [-0.4, -0.2) is 35.9 Å². The Balaban J connectivity index is 1.80. The summed E-state index contributed by atoms with van der Waals surface area (Å²) >= 11 is 0. The van der Waals surface area contributed by atoms with E-state index in [2.05, 4.69) is 10.2 Å². The van der Waals surface area contributed by atoms with Crippen molar-refractivity contribution in [2.75, 3.05) is 18.0 Å². The third-order valence-corrected chi connectivity index (χ3v) is 3.43. The number of phenols is 1. The van der Waals surface area contributed by atoms with E-state index < -0.39 is 5.60 Å². The molecule has 1 aromatic carbocycles. The van der Waals surface area contributed by atoms with Crippen LogP contribution in [0.2, 0.25) is 0 Å². The quantitative estimate of drug-likeness (QED) is 0.880. The van der Waals surface area contributed by atoms with Crippen LogP contribution >= 0.6 is 0 Å². The summed E-state index contributed by atoms with van der Waals surface area (Å²) < 4.78 is 5.27. The number of rotatable bonds is 2. The van der Waals surface area contributed by atoms with Gasteiger partial charge in [0.2, 0.25) is 0 Å². The van der Waals surface area contributed by atoms with Gasteiger partial charge >= 0.3 is 6.09 Å². The van der Waals surface area contributed by atoms with Crippen LogP contribution < -0.4 is 10.2 Å². The zero-order valence-corrected chi connectivity index (χ0v) is 12.9. The second-order valence-corrected chi connectivity index (χ2v) is 6.42. The highest BCUT2D eigenvalue weighted by molar-refractivity contribution is 5.68. The molecule has 1 aromatic rings. The van der Waals surface area contributed by atoms with Crippen molar-refractivity contribution in [1.29, 1.82) is 0 Å². The summed E-state index contributed by atoms with van der Waals surface area (Å²) in [6.45, 7) is 7.34. The van der Waals surface area contributed by atoms with Gasteiger partial charge in [-0.3, -0.25) is 0 Å². The number of amides is 1. The highest BCUT2D eigenvalue weighted by atomic mass is 16.6. The number of nitrogens with one attached hydrogen (secondary N) is 1. The zero-order valence-electron chi connectivity index (χ0n) is 12.9. The molecule has 1 heterocycles. The molecule has 0 atom stereocenters. The lowest BCUT2D eigenvalue weighted by Crippen LogP contribution is -2.46. The Bertz CT molecular complexity index is 471. The predicted octanol–water partition coefficient (Wildman–Crippen LogP) is 2.89. The molecule has 1 aliphatic heterocycles. The summed E-state index contributed by atoms with van der Waals surface area (Å²) in [6, 6.07) is 7.38. The van der Waals surface area contributed by atoms with Gasteiger partial charge in [0.1, 0.15) is 11.4 Å². The SMILES string of the molecule is CC(C)(C)OC(=O)NC1CCN(c2ccc(O)cc2)CC1. The molecule has 1 amide bonds. The molecule has 21 heavy (non-hydrogen) atoms. The number of ether oxygens (including phenoxy) is 1. The number of phenolic OH excluding ortho intramolecular Hbond substituents is 1. The van der Waals surface area contributed by atoms with Gasteiger partial charge in [-0.15, -0.1) is 0 Å². The van der Waals surface area contributed by atoms with Gasteiger partial charge in [0.15, 0.2) is 0 Å². The predicted molar refractivity (Wildman–Crippen MR) is 82.7 cm³/mol. The van der Waals surface area contributed by atoms with Crippen LogP contribution in [0.3, 0.4) is 0 Å². The number of hydrogen-bond acceptors (Lipinski definition) is 4. The first-order valence-corrected chi connectivity index (χ1v) is 7.37. The Labute approximate surface area is 125 Å². The minimum atomic E-state index is -0.461. The number of carbonyl (C=O) groups is 1. The van der Waals surface area contributed by atoms with E-state index in [-0.39, 0.29) is 17.9 Å². The van der Waals surface area contributed by atoms with Crippen LogP contribution in [0, 0.1) is 0 Å². The van der Waals surface area contributed by atoms with Gasteiger partial charge in [-0.25, -0.2) is 4.79 Å². The normalized spacial score (nSPS) is 16.6. The van der Waals surface area contributed by atoms with Gasteiger partial charge < -0.3 is 20.1 Å². The molecule has 1 saturated heterocycles. The van der Waals surface area contributed by atoms with E-state index in [4.69, 9.17) is 4.74 Å². The minimum Gasteiger partial charge on any atom is -0.508 e. The van der Waals surface area contributed by atoms with Gasteiger partial charge in [0.25, 0.3) is 0 Å². The number of carbonyl (C=O) groups excluding carboxylic acids is 1. The molecule has 0 radical (unpaired) electrons. The first kappa shape index (κ1) is 15.5. The fourth-order valence-electron chi connectivity index (χ4n) is 2.42. The molecular formula is C16H24N2O3. The molecule has 0 spiro atoms. The molecule has 5 nitrogen and oxygen atoms in total. The molecular weight excluding hydrogens is 268 g/mol. The monoisotopic (exact) mass is 292 g/mol. The van der Waals surface area contributed by atoms with E-state index in [1.807, 2.05) is 32.9 Å². The van der Waals surface area contributed by atoms with Gasteiger partial charge in [-0.1, -0.05) is 0 Å². The second kappa shape index (κ2) is 6.24. The molecule has 0 aromatic heterocycles. The topological polar surface area (TPSA) is 61.8 Å². The van der Waals surface area contributed by atoms with Gasteiger partial charge in [0, 0.05) is 24.8 Å². The van der Waals surface area contributed by atoms with E-state index in [0.717, 1.165) is 31.6 Å². The molecule has 0 bridgehead atoms. The summed E-state index contributed by atoms with van der Waals surface area (Å²) in [5, 5.41) is 12.2. The largest absolute Gasteiger partial charge is 0.508 e. The maximum absolute atomic E-state index is 11.7. The maximum Gasteiger partial charge on any atom is 0.407 e. The standard InChI is InChI=1S/C16H24N2O3/c1-16(2,3)21-15(20)17-12-8-10-18(11-9-12)13-4-6-14(19)7-5-13/h4-7,12,19H,8-11H2,1-3H3,(H,17,20). The van der Waals surface area contributed by atoms with Crippen molar-refractivity contribution in [2.24, 2.45) is 0 Å². The van der Waals surface area contributed by atoms with Crippen molar-refractivity contribution >= 4 is 11.8 Å². The Morgan fingerprint density at radius 3 is 2.33 bits per heavy atom. The van der Waals surface area contributed by atoms with Crippen molar-refractivity contribution in [3.63, 3.8) is 0 Å². The molecule has 0 saturated carbocycles. The number of anilines is 1. The van der Waals surface area contributed by atoms with E-state index in [1.165, 1.54) is 0 Å². The summed E-state index contributed by atoms with van der Waals surface area (Å²) in [5.41, 5.74) is 0.639. The summed E-state index contributed by atoms with van der Waals surface area (Å²) in [7, 11) is 0. The highest BCUT2D eigenvalue weighted by Gasteiger charge is 2.23. The lowest BCUT2D eigenvalue weighted by Gasteiger charge is -2.34. The van der Waals surface area contributed by atoms with E-state index in [9.17, 15) is 9.90 Å². The van der Waals surface area contributed by atoms with Crippen molar-refractivity contribution in [3.8, 4) is 5.75 Å². The van der Waals surface area contributed by atoms with Crippen molar-refractivity contribution < 1.29 is 14.6 Å². The van der Waals surface area contributed by atoms with Crippen LogP contribution in [0.15, 0.2) is 24.3 Å². The van der Waals surface area contributed by atoms with Crippen molar-refractivity contribution in [2.45, 2.75) is 45.3 Å². The molecule has 2 N–H and O–H groups in total. The average Bonchev–Trinajstić information content (AvgIpc) is 2.38. The van der Waals surface area contributed by atoms with Crippen LogP contribution in [0.5, 0.6) is 5.75 Å². The molecule has 1 aliphatic rings. The van der Waals surface area contributed by atoms with Gasteiger partial charge in [0.05, 0.1) is 0 Å². The molecule has 0 unspecified atom stereocenters.